The molecule has 1 aliphatic rings. The Balaban J connectivity index is 1.95. The molecule has 2 rings (SSSR count). The average molecular weight is 269 g/mol. The highest BCUT2D eigenvalue weighted by Gasteiger charge is 2.24. The summed E-state index contributed by atoms with van der Waals surface area (Å²) in [5.74, 6) is -0.862. The molecule has 1 saturated carbocycles. The van der Waals surface area contributed by atoms with Gasteiger partial charge >= 0.3 is 0 Å². The van der Waals surface area contributed by atoms with Crippen LogP contribution in [0.2, 0.25) is 0 Å². The van der Waals surface area contributed by atoms with Gasteiger partial charge in [-0.15, -0.1) is 0 Å². The Morgan fingerprint density at radius 3 is 2.53 bits per heavy atom. The van der Waals surface area contributed by atoms with E-state index >= 15 is 0 Å². The third kappa shape index (κ3) is 3.51. The van der Waals surface area contributed by atoms with Crippen LogP contribution < -0.4 is 5.32 Å². The van der Waals surface area contributed by atoms with Gasteiger partial charge in [0.15, 0.2) is 0 Å². The van der Waals surface area contributed by atoms with Crippen LogP contribution in [-0.2, 0) is 0 Å². The lowest BCUT2D eigenvalue weighted by atomic mass is 9.86. The fraction of sp³-hybridized carbons (Fsp3) is 0.600. The van der Waals surface area contributed by atoms with E-state index in [4.69, 9.17) is 0 Å². The molecule has 1 aliphatic carbocycles. The first kappa shape index (κ1) is 14.4. The van der Waals surface area contributed by atoms with Gasteiger partial charge in [0, 0.05) is 18.2 Å². The highest BCUT2D eigenvalue weighted by Crippen LogP contribution is 2.25. The second-order valence-corrected chi connectivity index (χ2v) is 5.38. The summed E-state index contributed by atoms with van der Waals surface area (Å²) in [6.07, 6.45) is 3.69. The smallest absolute Gasteiger partial charge is 0.130 e. The molecule has 0 spiro atoms. The van der Waals surface area contributed by atoms with Crippen molar-refractivity contribution in [3.8, 4) is 0 Å². The van der Waals surface area contributed by atoms with Gasteiger partial charge in [-0.1, -0.05) is 18.9 Å². The molecule has 0 bridgehead atoms. The number of halogens is 2. The van der Waals surface area contributed by atoms with Crippen molar-refractivity contribution >= 4 is 0 Å². The van der Waals surface area contributed by atoms with Crippen LogP contribution >= 0.6 is 0 Å². The van der Waals surface area contributed by atoms with E-state index in [1.807, 2.05) is 0 Å². The molecule has 1 aromatic rings. The monoisotopic (exact) mass is 269 g/mol. The van der Waals surface area contributed by atoms with Crippen molar-refractivity contribution in [1.29, 1.82) is 0 Å². The minimum atomic E-state index is -0.524. The molecule has 3 atom stereocenters. The van der Waals surface area contributed by atoms with Gasteiger partial charge in [0.2, 0.25) is 0 Å². The second kappa shape index (κ2) is 6.44. The van der Waals surface area contributed by atoms with Crippen LogP contribution in [0.3, 0.4) is 0 Å². The van der Waals surface area contributed by atoms with E-state index in [2.05, 4.69) is 5.32 Å². The van der Waals surface area contributed by atoms with E-state index < -0.39 is 17.7 Å². The third-order valence-corrected chi connectivity index (χ3v) is 3.99. The Kier molecular flexibility index (Phi) is 4.88. The SMILES string of the molecule is CC(NCC1CCCCC1O)c1c(F)cccc1F. The van der Waals surface area contributed by atoms with E-state index in [-0.39, 0.29) is 17.6 Å². The Bertz CT molecular complexity index is 404. The van der Waals surface area contributed by atoms with Gasteiger partial charge in [-0.25, -0.2) is 8.78 Å². The molecule has 1 fully saturated rings. The lowest BCUT2D eigenvalue weighted by Gasteiger charge is -2.29. The fourth-order valence-corrected chi connectivity index (χ4v) is 2.78. The van der Waals surface area contributed by atoms with Crippen molar-refractivity contribution in [3.63, 3.8) is 0 Å². The molecule has 2 nitrogen and oxygen atoms in total. The van der Waals surface area contributed by atoms with Crippen LogP contribution in [-0.4, -0.2) is 17.8 Å². The Morgan fingerprint density at radius 1 is 1.26 bits per heavy atom. The summed E-state index contributed by atoms with van der Waals surface area (Å²) in [6, 6.07) is 3.51. The molecule has 4 heteroatoms. The molecule has 19 heavy (non-hydrogen) atoms. The normalized spacial score (nSPS) is 25.3. The van der Waals surface area contributed by atoms with Crippen molar-refractivity contribution in [2.45, 2.75) is 44.8 Å². The van der Waals surface area contributed by atoms with Crippen molar-refractivity contribution in [1.82, 2.24) is 5.32 Å². The van der Waals surface area contributed by atoms with Crippen molar-refractivity contribution in [2.75, 3.05) is 6.54 Å². The summed E-state index contributed by atoms with van der Waals surface area (Å²) in [4.78, 5) is 0. The maximum Gasteiger partial charge on any atom is 0.130 e. The molecular weight excluding hydrogens is 248 g/mol. The summed E-state index contributed by atoms with van der Waals surface area (Å²) in [5.41, 5.74) is 0.0767. The molecule has 3 unspecified atom stereocenters. The average Bonchev–Trinajstić information content (AvgIpc) is 2.37. The predicted molar refractivity (Wildman–Crippen MR) is 70.7 cm³/mol. The van der Waals surface area contributed by atoms with Gasteiger partial charge in [-0.05, 0) is 37.8 Å². The van der Waals surface area contributed by atoms with Crippen LogP contribution in [0.1, 0.15) is 44.2 Å². The summed E-state index contributed by atoms with van der Waals surface area (Å²) < 4.78 is 27.2. The molecule has 1 aromatic carbocycles. The third-order valence-electron chi connectivity index (χ3n) is 3.99. The van der Waals surface area contributed by atoms with Gasteiger partial charge in [0.1, 0.15) is 11.6 Å². The van der Waals surface area contributed by atoms with E-state index in [1.54, 1.807) is 6.92 Å². The number of aliphatic hydroxyl groups is 1. The molecule has 106 valence electrons. The van der Waals surface area contributed by atoms with Crippen molar-refractivity contribution < 1.29 is 13.9 Å². The van der Waals surface area contributed by atoms with E-state index in [1.165, 1.54) is 18.2 Å². The van der Waals surface area contributed by atoms with Crippen LogP contribution in [0.25, 0.3) is 0 Å². The largest absolute Gasteiger partial charge is 0.393 e. The zero-order chi connectivity index (χ0) is 13.8. The number of nitrogens with one attached hydrogen (secondary N) is 1. The van der Waals surface area contributed by atoms with Gasteiger partial charge in [-0.3, -0.25) is 0 Å². The maximum atomic E-state index is 13.6. The van der Waals surface area contributed by atoms with Crippen molar-refractivity contribution in [3.05, 3.63) is 35.4 Å². The fourth-order valence-electron chi connectivity index (χ4n) is 2.78. The molecule has 0 aromatic heterocycles. The molecule has 0 aliphatic heterocycles. The first-order valence-corrected chi connectivity index (χ1v) is 6.95. The number of benzene rings is 1. The first-order chi connectivity index (χ1) is 9.09. The van der Waals surface area contributed by atoms with Crippen LogP contribution in [0.15, 0.2) is 18.2 Å². The first-order valence-electron chi connectivity index (χ1n) is 6.95. The van der Waals surface area contributed by atoms with E-state index in [9.17, 15) is 13.9 Å². The maximum absolute atomic E-state index is 13.6. The van der Waals surface area contributed by atoms with Gasteiger partial charge in [0.05, 0.1) is 6.10 Å². The summed E-state index contributed by atoms with van der Waals surface area (Å²) in [7, 11) is 0. The van der Waals surface area contributed by atoms with E-state index in [0.717, 1.165) is 25.7 Å². The predicted octanol–water partition coefficient (Wildman–Crippen LogP) is 3.17. The highest BCUT2D eigenvalue weighted by molar-refractivity contribution is 5.22. The minimum Gasteiger partial charge on any atom is -0.393 e. The molecule has 0 saturated heterocycles. The Labute approximate surface area is 112 Å². The standard InChI is InChI=1S/C15H21F2NO/c1-10(15-12(16)6-4-7-13(15)17)18-9-11-5-2-3-8-14(11)19/h4,6-7,10-11,14,18-19H,2-3,5,8-9H2,1H3. The zero-order valence-electron chi connectivity index (χ0n) is 11.2. The summed E-state index contributed by atoms with van der Waals surface area (Å²) in [6.45, 7) is 2.34. The number of aliphatic hydroxyl groups excluding tert-OH is 1. The van der Waals surface area contributed by atoms with Gasteiger partial charge in [0.25, 0.3) is 0 Å². The quantitative estimate of drug-likeness (QED) is 0.880. The van der Waals surface area contributed by atoms with Gasteiger partial charge in [-0.2, -0.15) is 0 Å². The summed E-state index contributed by atoms with van der Waals surface area (Å²) in [5, 5.41) is 13.0. The Morgan fingerprint density at radius 2 is 1.89 bits per heavy atom. The molecule has 2 N–H and O–H groups in total. The molecular formula is C15H21F2NO. The van der Waals surface area contributed by atoms with Crippen molar-refractivity contribution in [2.24, 2.45) is 5.92 Å². The lowest BCUT2D eigenvalue weighted by Crippen LogP contribution is -2.35. The lowest BCUT2D eigenvalue weighted by molar-refractivity contribution is 0.0683. The van der Waals surface area contributed by atoms with Crippen LogP contribution in [0.4, 0.5) is 8.78 Å². The highest BCUT2D eigenvalue weighted by atomic mass is 19.1. The number of hydrogen-bond acceptors (Lipinski definition) is 2. The number of rotatable bonds is 4. The van der Waals surface area contributed by atoms with Gasteiger partial charge < -0.3 is 10.4 Å². The van der Waals surface area contributed by atoms with E-state index in [0.29, 0.717) is 6.54 Å². The minimum absolute atomic E-state index is 0.0767. The molecule has 0 heterocycles. The zero-order valence-corrected chi connectivity index (χ0v) is 11.2. The Hall–Kier alpha value is -1.00. The van der Waals surface area contributed by atoms with Crippen LogP contribution in [0.5, 0.6) is 0 Å². The second-order valence-electron chi connectivity index (χ2n) is 5.38. The summed E-state index contributed by atoms with van der Waals surface area (Å²) >= 11 is 0. The topological polar surface area (TPSA) is 32.3 Å². The number of hydrogen-bond donors (Lipinski definition) is 2. The van der Waals surface area contributed by atoms with Crippen LogP contribution in [0, 0.1) is 17.6 Å². The molecule has 0 amide bonds. The molecule has 0 radical (unpaired) electrons.